The number of nitrogens with one attached hydrogen (secondary N) is 3. The monoisotopic (exact) mass is 479 g/mol. The molecule has 1 amide bonds. The van der Waals surface area contributed by atoms with Gasteiger partial charge in [0.05, 0.1) is 29.1 Å². The third-order valence-corrected chi connectivity index (χ3v) is 6.90. The van der Waals surface area contributed by atoms with Crippen molar-refractivity contribution >= 4 is 44.9 Å². The van der Waals surface area contributed by atoms with Crippen molar-refractivity contribution in [1.29, 1.82) is 0 Å². The van der Waals surface area contributed by atoms with E-state index in [1.54, 1.807) is 29.9 Å². The highest BCUT2D eigenvalue weighted by Crippen LogP contribution is 2.35. The van der Waals surface area contributed by atoms with Gasteiger partial charge in [0.1, 0.15) is 11.2 Å². The maximum Gasteiger partial charge on any atom is 0.224 e. The minimum Gasteiger partial charge on any atom is -0.335 e. The summed E-state index contributed by atoms with van der Waals surface area (Å²) in [7, 11) is 0. The van der Waals surface area contributed by atoms with Crippen LogP contribution in [0.1, 0.15) is 18.2 Å². The number of benzene rings is 1. The lowest BCUT2D eigenvalue weighted by Crippen LogP contribution is -2.09. The van der Waals surface area contributed by atoms with Crippen LogP contribution in [-0.2, 0) is 4.79 Å². The van der Waals surface area contributed by atoms with Crippen LogP contribution in [0.4, 0.5) is 5.69 Å². The van der Waals surface area contributed by atoms with Gasteiger partial charge in [-0.3, -0.25) is 19.9 Å². The Morgan fingerprint density at radius 1 is 1.00 bits per heavy atom. The third-order valence-electron chi connectivity index (χ3n) is 5.86. The Kier molecular flexibility index (Phi) is 5.11. The molecule has 5 heterocycles. The van der Waals surface area contributed by atoms with E-state index >= 15 is 0 Å². The van der Waals surface area contributed by atoms with Crippen LogP contribution in [0.25, 0.3) is 55.0 Å². The number of rotatable bonds is 5. The van der Waals surface area contributed by atoms with Crippen LogP contribution in [0.3, 0.4) is 0 Å². The summed E-state index contributed by atoms with van der Waals surface area (Å²) in [6, 6.07) is 12.2. The van der Waals surface area contributed by atoms with Crippen LogP contribution in [0.5, 0.6) is 0 Å². The number of H-pyrrole nitrogens is 2. The molecule has 6 aromatic rings. The standard InChI is InChI=1S/C26H21N7OS/c1-3-23(34)29-17-8-16(10-27-11-17)15-5-6-20-18(9-15)25(33-32-20)26-30-21-13-28-12-19(24(21)31-26)22-7-4-14(2)35-22/h4-13H,3H2,1-2H3,(H,29,34)(H,30,31)(H,32,33). The summed E-state index contributed by atoms with van der Waals surface area (Å²) in [5.41, 5.74) is 6.90. The van der Waals surface area contributed by atoms with E-state index in [-0.39, 0.29) is 5.91 Å². The van der Waals surface area contributed by atoms with Crippen LogP contribution in [0.15, 0.2) is 61.2 Å². The van der Waals surface area contributed by atoms with Gasteiger partial charge < -0.3 is 10.3 Å². The Labute approximate surface area is 204 Å². The van der Waals surface area contributed by atoms with Crippen LogP contribution in [-0.4, -0.2) is 36.0 Å². The first-order valence-electron chi connectivity index (χ1n) is 11.2. The molecule has 0 unspecified atom stereocenters. The van der Waals surface area contributed by atoms with E-state index in [4.69, 9.17) is 4.98 Å². The zero-order valence-corrected chi connectivity index (χ0v) is 19.9. The predicted octanol–water partition coefficient (Wildman–Crippen LogP) is 5.95. The predicted molar refractivity (Wildman–Crippen MR) is 139 cm³/mol. The summed E-state index contributed by atoms with van der Waals surface area (Å²) >= 11 is 1.72. The fourth-order valence-electron chi connectivity index (χ4n) is 4.09. The number of pyridine rings is 2. The van der Waals surface area contributed by atoms with Gasteiger partial charge in [0, 0.05) is 45.1 Å². The number of aromatic nitrogens is 6. The lowest BCUT2D eigenvalue weighted by molar-refractivity contribution is -0.115. The van der Waals surface area contributed by atoms with Crippen molar-refractivity contribution < 1.29 is 4.79 Å². The smallest absolute Gasteiger partial charge is 0.224 e. The van der Waals surface area contributed by atoms with Gasteiger partial charge in [-0.15, -0.1) is 11.3 Å². The van der Waals surface area contributed by atoms with E-state index in [0.29, 0.717) is 17.9 Å². The van der Waals surface area contributed by atoms with E-state index < -0.39 is 0 Å². The lowest BCUT2D eigenvalue weighted by atomic mass is 10.0. The van der Waals surface area contributed by atoms with Gasteiger partial charge >= 0.3 is 0 Å². The van der Waals surface area contributed by atoms with Gasteiger partial charge in [0.2, 0.25) is 5.91 Å². The van der Waals surface area contributed by atoms with Crippen molar-refractivity contribution in [3.8, 4) is 33.1 Å². The molecule has 0 saturated carbocycles. The second kappa shape index (κ2) is 8.44. The number of anilines is 1. The van der Waals surface area contributed by atoms with Crippen LogP contribution >= 0.6 is 11.3 Å². The zero-order chi connectivity index (χ0) is 23.9. The molecule has 3 N–H and O–H groups in total. The molecule has 0 aliphatic heterocycles. The van der Waals surface area contributed by atoms with Crippen molar-refractivity contribution in [2.24, 2.45) is 0 Å². The molecular formula is C26H21N7OS. The van der Waals surface area contributed by atoms with E-state index in [0.717, 1.165) is 49.2 Å². The number of carbonyl (C=O) groups is 1. The maximum atomic E-state index is 11.8. The van der Waals surface area contributed by atoms with Crippen LogP contribution in [0, 0.1) is 6.92 Å². The zero-order valence-electron chi connectivity index (χ0n) is 19.1. The molecule has 0 aliphatic carbocycles. The van der Waals surface area contributed by atoms with Crippen molar-refractivity contribution in [3.05, 3.63) is 66.1 Å². The van der Waals surface area contributed by atoms with Gasteiger partial charge in [0.25, 0.3) is 0 Å². The quantitative estimate of drug-likeness (QED) is 0.283. The molecule has 35 heavy (non-hydrogen) atoms. The highest BCUT2D eigenvalue weighted by molar-refractivity contribution is 7.15. The Morgan fingerprint density at radius 3 is 2.71 bits per heavy atom. The normalized spacial score (nSPS) is 11.4. The number of fused-ring (bicyclic) bond motifs is 2. The molecule has 8 nitrogen and oxygen atoms in total. The summed E-state index contributed by atoms with van der Waals surface area (Å²) in [6.07, 6.45) is 7.49. The second-order valence-corrected chi connectivity index (χ2v) is 9.56. The molecule has 0 fully saturated rings. The summed E-state index contributed by atoms with van der Waals surface area (Å²) in [5, 5.41) is 11.5. The number of thiophene rings is 1. The number of imidazole rings is 1. The van der Waals surface area contributed by atoms with Gasteiger partial charge in [-0.2, -0.15) is 5.10 Å². The highest BCUT2D eigenvalue weighted by atomic mass is 32.1. The maximum absolute atomic E-state index is 11.8. The largest absolute Gasteiger partial charge is 0.335 e. The first-order valence-corrected chi connectivity index (χ1v) is 12.0. The summed E-state index contributed by atoms with van der Waals surface area (Å²) in [5.74, 6) is 0.626. The first-order chi connectivity index (χ1) is 17.1. The van der Waals surface area contributed by atoms with Gasteiger partial charge in [-0.1, -0.05) is 13.0 Å². The molecular weight excluding hydrogens is 458 g/mol. The van der Waals surface area contributed by atoms with E-state index in [2.05, 4.69) is 55.6 Å². The average molecular weight is 480 g/mol. The highest BCUT2D eigenvalue weighted by Gasteiger charge is 2.17. The molecule has 172 valence electrons. The van der Waals surface area contributed by atoms with E-state index in [1.807, 2.05) is 31.3 Å². The summed E-state index contributed by atoms with van der Waals surface area (Å²) < 4.78 is 0. The number of amides is 1. The number of hydrogen-bond donors (Lipinski definition) is 3. The number of aryl methyl sites for hydroxylation is 1. The molecule has 0 radical (unpaired) electrons. The third kappa shape index (κ3) is 3.85. The van der Waals surface area contributed by atoms with Gasteiger partial charge in [-0.05, 0) is 42.8 Å². The molecule has 0 saturated heterocycles. The van der Waals surface area contributed by atoms with Crippen molar-refractivity contribution in [3.63, 3.8) is 0 Å². The topological polar surface area (TPSA) is 112 Å². The molecule has 0 aliphatic rings. The molecule has 6 rings (SSSR count). The number of aromatic amines is 2. The fraction of sp³-hybridized carbons (Fsp3) is 0.115. The van der Waals surface area contributed by atoms with Crippen molar-refractivity contribution in [1.82, 2.24) is 30.1 Å². The number of hydrogen-bond acceptors (Lipinski definition) is 6. The van der Waals surface area contributed by atoms with E-state index in [9.17, 15) is 4.79 Å². The molecule has 5 aromatic heterocycles. The minimum absolute atomic E-state index is 0.0482. The Hall–Kier alpha value is -4.37. The van der Waals surface area contributed by atoms with Crippen molar-refractivity contribution in [2.75, 3.05) is 5.32 Å². The SMILES string of the molecule is CCC(=O)Nc1cncc(-c2ccc3[nH]nc(-c4nc5c(-c6ccc(C)s6)cncc5[nH]4)c3c2)c1. The molecule has 9 heteroatoms. The lowest BCUT2D eigenvalue weighted by Gasteiger charge is -2.06. The molecule has 0 atom stereocenters. The van der Waals surface area contributed by atoms with Gasteiger partial charge in [-0.25, -0.2) is 4.98 Å². The summed E-state index contributed by atoms with van der Waals surface area (Å²) in [4.78, 5) is 31.2. The molecule has 0 spiro atoms. The van der Waals surface area contributed by atoms with Crippen molar-refractivity contribution in [2.45, 2.75) is 20.3 Å². The van der Waals surface area contributed by atoms with Crippen LogP contribution in [0.2, 0.25) is 0 Å². The van der Waals surface area contributed by atoms with E-state index in [1.165, 1.54) is 4.88 Å². The molecule has 0 bridgehead atoms. The van der Waals surface area contributed by atoms with Crippen LogP contribution < -0.4 is 5.32 Å². The Balaban J connectivity index is 1.43. The fourth-order valence-corrected chi connectivity index (χ4v) is 4.97. The Bertz CT molecular complexity index is 1710. The number of carbonyl (C=O) groups excluding carboxylic acids is 1. The average Bonchev–Trinajstić information content (AvgIpc) is 3.61. The Morgan fingerprint density at radius 2 is 1.89 bits per heavy atom. The summed E-state index contributed by atoms with van der Waals surface area (Å²) in [6.45, 7) is 3.91. The molecule has 1 aromatic carbocycles. The van der Waals surface area contributed by atoms with Gasteiger partial charge in [0.15, 0.2) is 5.82 Å². The minimum atomic E-state index is -0.0482. The number of nitrogens with zero attached hydrogens (tertiary/aromatic N) is 4. The second-order valence-electron chi connectivity index (χ2n) is 8.28. The first kappa shape index (κ1) is 21.2.